The van der Waals surface area contributed by atoms with Gasteiger partial charge in [0.05, 0.1) is 33.6 Å². The van der Waals surface area contributed by atoms with Crippen LogP contribution in [0.3, 0.4) is 0 Å². The van der Waals surface area contributed by atoms with Gasteiger partial charge in [-0.3, -0.25) is 4.79 Å². The number of hydrogen-bond donors (Lipinski definition) is 1. The van der Waals surface area contributed by atoms with Crippen molar-refractivity contribution in [3.05, 3.63) is 47.5 Å². The summed E-state index contributed by atoms with van der Waals surface area (Å²) in [6.07, 6.45) is 0. The highest BCUT2D eigenvalue weighted by molar-refractivity contribution is 6.05. The van der Waals surface area contributed by atoms with Crippen molar-refractivity contribution in [2.75, 3.05) is 33.3 Å². The molecule has 0 unspecified atom stereocenters. The van der Waals surface area contributed by atoms with Crippen molar-refractivity contribution in [2.45, 2.75) is 13.5 Å². The van der Waals surface area contributed by atoms with Crippen LogP contribution in [0.4, 0.5) is 5.69 Å². The van der Waals surface area contributed by atoms with Gasteiger partial charge >= 0.3 is 0 Å². The molecule has 0 aliphatic heterocycles. The molecule has 2 rings (SSSR count). The average molecular weight is 345 g/mol. The smallest absolute Gasteiger partial charge is 0.255 e. The molecule has 25 heavy (non-hydrogen) atoms. The molecule has 6 heteroatoms. The second-order valence-electron chi connectivity index (χ2n) is 5.18. The van der Waals surface area contributed by atoms with Crippen molar-refractivity contribution >= 4 is 11.6 Å². The summed E-state index contributed by atoms with van der Waals surface area (Å²) in [6.45, 7) is 2.88. The quantitative estimate of drug-likeness (QED) is 0.793. The normalized spacial score (nSPS) is 10.2. The maximum Gasteiger partial charge on any atom is 0.255 e. The van der Waals surface area contributed by atoms with Crippen LogP contribution in [0.2, 0.25) is 0 Å². The highest BCUT2D eigenvalue weighted by Gasteiger charge is 2.13. The molecule has 2 aromatic rings. The second kappa shape index (κ2) is 8.94. The lowest BCUT2D eigenvalue weighted by Crippen LogP contribution is -2.13. The first kappa shape index (κ1) is 18.6. The zero-order valence-electron chi connectivity index (χ0n) is 14.9. The van der Waals surface area contributed by atoms with E-state index in [-0.39, 0.29) is 5.91 Å². The van der Waals surface area contributed by atoms with E-state index in [4.69, 9.17) is 18.9 Å². The van der Waals surface area contributed by atoms with Gasteiger partial charge in [-0.15, -0.1) is 0 Å². The van der Waals surface area contributed by atoms with Crippen molar-refractivity contribution in [1.82, 2.24) is 0 Å². The van der Waals surface area contributed by atoms with E-state index in [1.165, 1.54) is 7.11 Å². The minimum absolute atomic E-state index is 0.246. The Morgan fingerprint density at radius 3 is 2.36 bits per heavy atom. The molecule has 0 fully saturated rings. The summed E-state index contributed by atoms with van der Waals surface area (Å²) < 4.78 is 21.2. The fraction of sp³-hybridized carbons (Fsp3) is 0.316. The second-order valence-corrected chi connectivity index (χ2v) is 5.18. The number of anilines is 1. The lowest BCUT2D eigenvalue weighted by molar-refractivity contribution is 0.102. The molecule has 0 saturated carbocycles. The Bertz CT molecular complexity index is 730. The number of carbonyl (C=O) groups is 1. The van der Waals surface area contributed by atoms with Gasteiger partial charge in [0.1, 0.15) is 17.2 Å². The Labute approximate surface area is 147 Å². The lowest BCUT2D eigenvalue weighted by Gasteiger charge is -2.13. The highest BCUT2D eigenvalue weighted by Crippen LogP contribution is 2.30. The van der Waals surface area contributed by atoms with Crippen LogP contribution in [-0.4, -0.2) is 33.8 Å². The zero-order chi connectivity index (χ0) is 18.2. The first-order valence-corrected chi connectivity index (χ1v) is 7.91. The van der Waals surface area contributed by atoms with Crippen molar-refractivity contribution < 1.29 is 23.7 Å². The lowest BCUT2D eigenvalue weighted by atomic mass is 10.1. The van der Waals surface area contributed by atoms with Gasteiger partial charge in [-0.05, 0) is 37.3 Å². The fourth-order valence-electron chi connectivity index (χ4n) is 2.34. The topological polar surface area (TPSA) is 66.0 Å². The SMILES string of the molecule is CCOCc1cc(C(=O)Nc2ccc(OC)cc2OC)ccc1OC. The number of carbonyl (C=O) groups excluding carboxylic acids is 1. The molecule has 0 aromatic heterocycles. The first-order valence-electron chi connectivity index (χ1n) is 7.91. The molecular formula is C19H23NO5. The van der Waals surface area contributed by atoms with E-state index >= 15 is 0 Å². The van der Waals surface area contributed by atoms with Gasteiger partial charge in [0.2, 0.25) is 0 Å². The van der Waals surface area contributed by atoms with E-state index in [1.54, 1.807) is 50.6 Å². The van der Waals surface area contributed by atoms with Crippen LogP contribution < -0.4 is 19.5 Å². The van der Waals surface area contributed by atoms with Gasteiger partial charge < -0.3 is 24.3 Å². The summed E-state index contributed by atoms with van der Waals surface area (Å²) in [7, 11) is 4.70. The van der Waals surface area contributed by atoms with Crippen LogP contribution in [-0.2, 0) is 11.3 Å². The van der Waals surface area contributed by atoms with Crippen molar-refractivity contribution in [3.63, 3.8) is 0 Å². The van der Waals surface area contributed by atoms with Crippen LogP contribution in [0, 0.1) is 0 Å². The van der Waals surface area contributed by atoms with Gasteiger partial charge in [-0.25, -0.2) is 0 Å². The molecule has 0 heterocycles. The standard InChI is InChI=1S/C19H23NO5/c1-5-25-12-14-10-13(6-9-17(14)23-3)19(21)20-16-8-7-15(22-2)11-18(16)24-4/h6-11H,5,12H2,1-4H3,(H,20,21). The van der Waals surface area contributed by atoms with Gasteiger partial charge in [-0.1, -0.05) is 0 Å². The third-order valence-electron chi connectivity index (χ3n) is 3.66. The zero-order valence-corrected chi connectivity index (χ0v) is 14.9. The molecule has 134 valence electrons. The number of methoxy groups -OCH3 is 3. The predicted molar refractivity (Wildman–Crippen MR) is 95.8 cm³/mol. The Morgan fingerprint density at radius 1 is 0.960 bits per heavy atom. The van der Waals surface area contributed by atoms with E-state index in [2.05, 4.69) is 5.32 Å². The Kier molecular flexibility index (Phi) is 6.65. The van der Waals surface area contributed by atoms with Crippen molar-refractivity contribution in [3.8, 4) is 17.2 Å². The average Bonchev–Trinajstić information content (AvgIpc) is 2.66. The van der Waals surface area contributed by atoms with Gasteiger partial charge in [0.15, 0.2) is 0 Å². The highest BCUT2D eigenvalue weighted by atomic mass is 16.5. The first-order chi connectivity index (χ1) is 12.1. The molecule has 1 amide bonds. The largest absolute Gasteiger partial charge is 0.497 e. The third kappa shape index (κ3) is 4.64. The molecule has 0 radical (unpaired) electrons. The van der Waals surface area contributed by atoms with Crippen LogP contribution in [0.5, 0.6) is 17.2 Å². The summed E-state index contributed by atoms with van der Waals surface area (Å²) >= 11 is 0. The van der Waals surface area contributed by atoms with Crippen LogP contribution in [0.25, 0.3) is 0 Å². The maximum absolute atomic E-state index is 12.6. The fourth-order valence-corrected chi connectivity index (χ4v) is 2.34. The van der Waals surface area contributed by atoms with E-state index < -0.39 is 0 Å². The number of benzene rings is 2. The molecule has 6 nitrogen and oxygen atoms in total. The molecule has 0 aliphatic carbocycles. The number of rotatable bonds is 8. The summed E-state index contributed by atoms with van der Waals surface area (Å²) in [5, 5.41) is 2.85. The molecule has 0 aliphatic rings. The van der Waals surface area contributed by atoms with Crippen LogP contribution in [0.1, 0.15) is 22.8 Å². The summed E-state index contributed by atoms with van der Waals surface area (Å²) in [4.78, 5) is 12.6. The molecule has 0 atom stereocenters. The van der Waals surface area contributed by atoms with E-state index in [1.807, 2.05) is 6.92 Å². The van der Waals surface area contributed by atoms with Crippen LogP contribution in [0.15, 0.2) is 36.4 Å². The molecule has 0 bridgehead atoms. The number of ether oxygens (including phenoxy) is 4. The molecular weight excluding hydrogens is 322 g/mol. The Hall–Kier alpha value is -2.73. The molecule has 1 N–H and O–H groups in total. The minimum Gasteiger partial charge on any atom is -0.497 e. The number of amides is 1. The van der Waals surface area contributed by atoms with E-state index in [0.717, 1.165) is 5.56 Å². The molecule has 0 saturated heterocycles. The number of hydrogen-bond acceptors (Lipinski definition) is 5. The molecule has 2 aromatic carbocycles. The summed E-state index contributed by atoms with van der Waals surface area (Å²) in [5.74, 6) is 1.62. The third-order valence-corrected chi connectivity index (χ3v) is 3.66. The number of nitrogens with one attached hydrogen (secondary N) is 1. The van der Waals surface area contributed by atoms with E-state index in [9.17, 15) is 4.79 Å². The van der Waals surface area contributed by atoms with Gasteiger partial charge in [-0.2, -0.15) is 0 Å². The maximum atomic E-state index is 12.6. The Balaban J connectivity index is 2.23. The summed E-state index contributed by atoms with van der Waals surface area (Å²) in [5.41, 5.74) is 1.89. The minimum atomic E-state index is -0.246. The van der Waals surface area contributed by atoms with Crippen molar-refractivity contribution in [1.29, 1.82) is 0 Å². The monoisotopic (exact) mass is 345 g/mol. The van der Waals surface area contributed by atoms with Crippen LogP contribution >= 0.6 is 0 Å². The molecule has 0 spiro atoms. The van der Waals surface area contributed by atoms with E-state index in [0.29, 0.717) is 41.7 Å². The predicted octanol–water partition coefficient (Wildman–Crippen LogP) is 3.50. The van der Waals surface area contributed by atoms with Gasteiger partial charge in [0.25, 0.3) is 5.91 Å². The van der Waals surface area contributed by atoms with Crippen molar-refractivity contribution in [2.24, 2.45) is 0 Å². The summed E-state index contributed by atoms with van der Waals surface area (Å²) in [6, 6.07) is 10.4. The Morgan fingerprint density at radius 2 is 1.72 bits per heavy atom. The van der Waals surface area contributed by atoms with Gasteiger partial charge in [0, 0.05) is 23.8 Å².